The Morgan fingerprint density at radius 2 is 1.89 bits per heavy atom. The van der Waals surface area contributed by atoms with Crippen LogP contribution in [0, 0.1) is 0 Å². The number of amides is 1. The van der Waals surface area contributed by atoms with E-state index in [-0.39, 0.29) is 6.04 Å². The van der Waals surface area contributed by atoms with Gasteiger partial charge >= 0.3 is 6.09 Å². The number of primary amides is 1. The molecule has 4 heteroatoms. The summed E-state index contributed by atoms with van der Waals surface area (Å²) in [5, 5.41) is 0. The first-order chi connectivity index (χ1) is 8.89. The molecule has 0 aliphatic carbocycles. The van der Waals surface area contributed by atoms with E-state index in [9.17, 15) is 4.79 Å². The van der Waals surface area contributed by atoms with Crippen LogP contribution in [0.3, 0.4) is 0 Å². The second-order valence-electron chi connectivity index (χ2n) is 5.50. The molecule has 0 spiro atoms. The van der Waals surface area contributed by atoms with Gasteiger partial charge in [-0.2, -0.15) is 0 Å². The van der Waals surface area contributed by atoms with Gasteiger partial charge in [0.2, 0.25) is 0 Å². The monoisotopic (exact) mass is 264 g/mol. The summed E-state index contributed by atoms with van der Waals surface area (Å²) < 4.78 is 5.03. The molecule has 0 aromatic heterocycles. The van der Waals surface area contributed by atoms with Crippen LogP contribution in [-0.2, 0) is 11.2 Å². The van der Waals surface area contributed by atoms with Gasteiger partial charge in [-0.25, -0.2) is 4.79 Å². The number of nitrogens with two attached hydrogens (primary N) is 2. The van der Waals surface area contributed by atoms with Crippen LogP contribution < -0.4 is 11.5 Å². The molecule has 0 aliphatic rings. The van der Waals surface area contributed by atoms with E-state index in [4.69, 9.17) is 16.2 Å². The fraction of sp³-hybridized carbons (Fsp3) is 0.533. The highest BCUT2D eigenvalue weighted by Crippen LogP contribution is 2.18. The van der Waals surface area contributed by atoms with Crippen molar-refractivity contribution in [2.24, 2.45) is 11.5 Å². The van der Waals surface area contributed by atoms with Crippen LogP contribution in [0.15, 0.2) is 30.3 Å². The smallest absolute Gasteiger partial charge is 0.405 e. The zero-order chi connectivity index (χ0) is 14.3. The van der Waals surface area contributed by atoms with E-state index < -0.39 is 11.7 Å². The lowest BCUT2D eigenvalue weighted by Gasteiger charge is -2.25. The van der Waals surface area contributed by atoms with E-state index in [1.54, 1.807) is 0 Å². The summed E-state index contributed by atoms with van der Waals surface area (Å²) >= 11 is 0. The van der Waals surface area contributed by atoms with Gasteiger partial charge in [-0.05, 0) is 45.1 Å². The van der Waals surface area contributed by atoms with Crippen LogP contribution in [0.2, 0.25) is 0 Å². The highest BCUT2D eigenvalue weighted by Gasteiger charge is 2.22. The number of carbonyl (C=O) groups is 1. The van der Waals surface area contributed by atoms with Crippen molar-refractivity contribution in [1.82, 2.24) is 0 Å². The Labute approximate surface area is 115 Å². The maximum absolute atomic E-state index is 10.7. The van der Waals surface area contributed by atoms with Gasteiger partial charge in [0, 0.05) is 6.04 Å². The van der Waals surface area contributed by atoms with E-state index in [1.807, 2.05) is 32.0 Å². The van der Waals surface area contributed by atoms with Crippen LogP contribution in [0.25, 0.3) is 0 Å². The minimum absolute atomic E-state index is 0.107. The van der Waals surface area contributed by atoms with Crippen molar-refractivity contribution in [3.8, 4) is 0 Å². The van der Waals surface area contributed by atoms with Gasteiger partial charge in [-0.3, -0.25) is 0 Å². The molecule has 0 bridgehead atoms. The molecular formula is C15H24N2O2. The van der Waals surface area contributed by atoms with Gasteiger partial charge in [0.05, 0.1) is 0 Å². The molecule has 4 nitrogen and oxygen atoms in total. The molecule has 4 N–H and O–H groups in total. The minimum Gasteiger partial charge on any atom is -0.444 e. The van der Waals surface area contributed by atoms with Crippen molar-refractivity contribution >= 4 is 6.09 Å². The van der Waals surface area contributed by atoms with Crippen molar-refractivity contribution in [1.29, 1.82) is 0 Å². The molecule has 0 aliphatic heterocycles. The molecule has 1 rings (SSSR count). The summed E-state index contributed by atoms with van der Waals surface area (Å²) in [5.41, 5.74) is 11.9. The molecule has 1 unspecified atom stereocenters. The van der Waals surface area contributed by atoms with Crippen molar-refractivity contribution in [2.75, 3.05) is 0 Å². The number of aryl methyl sites for hydroxylation is 1. The molecule has 1 aromatic carbocycles. The lowest BCUT2D eigenvalue weighted by atomic mass is 9.96. The average molecular weight is 264 g/mol. The van der Waals surface area contributed by atoms with Crippen LogP contribution in [0.4, 0.5) is 4.79 Å². The first-order valence-corrected chi connectivity index (χ1v) is 6.67. The Morgan fingerprint density at radius 1 is 1.26 bits per heavy atom. The molecule has 0 heterocycles. The van der Waals surface area contributed by atoms with Crippen LogP contribution in [-0.4, -0.2) is 17.7 Å². The Balaban J connectivity index is 2.28. The molecule has 0 fully saturated rings. The third-order valence-corrected chi connectivity index (χ3v) is 3.14. The van der Waals surface area contributed by atoms with Gasteiger partial charge in [0.1, 0.15) is 5.60 Å². The minimum atomic E-state index is -0.733. The van der Waals surface area contributed by atoms with Crippen molar-refractivity contribution < 1.29 is 9.53 Å². The lowest BCUT2D eigenvalue weighted by Crippen LogP contribution is -2.33. The van der Waals surface area contributed by atoms with E-state index in [0.717, 1.165) is 19.3 Å². The van der Waals surface area contributed by atoms with E-state index >= 15 is 0 Å². The van der Waals surface area contributed by atoms with Crippen molar-refractivity contribution in [3.05, 3.63) is 35.9 Å². The van der Waals surface area contributed by atoms with Crippen LogP contribution in [0.5, 0.6) is 0 Å². The SMILES string of the molecule is CC(C)(CCC(N)CCc1ccccc1)OC(N)=O. The van der Waals surface area contributed by atoms with Crippen molar-refractivity contribution in [3.63, 3.8) is 0 Å². The number of rotatable bonds is 7. The predicted octanol–water partition coefficient (Wildman–Crippen LogP) is 2.60. The molecule has 1 atom stereocenters. The summed E-state index contributed by atoms with van der Waals surface area (Å²) in [4.78, 5) is 10.7. The molecule has 0 saturated carbocycles. The fourth-order valence-electron chi connectivity index (χ4n) is 2.00. The highest BCUT2D eigenvalue weighted by atomic mass is 16.6. The Hall–Kier alpha value is -1.55. The normalized spacial score (nSPS) is 13.0. The highest BCUT2D eigenvalue weighted by molar-refractivity contribution is 5.65. The van der Waals surface area contributed by atoms with Gasteiger partial charge in [-0.15, -0.1) is 0 Å². The second kappa shape index (κ2) is 7.14. The molecule has 106 valence electrons. The summed E-state index contributed by atoms with van der Waals surface area (Å²) in [6.07, 6.45) is 2.69. The summed E-state index contributed by atoms with van der Waals surface area (Å²) in [7, 11) is 0. The molecule has 0 radical (unpaired) electrons. The third-order valence-electron chi connectivity index (χ3n) is 3.14. The largest absolute Gasteiger partial charge is 0.444 e. The number of carbonyl (C=O) groups excluding carboxylic acids is 1. The molecule has 19 heavy (non-hydrogen) atoms. The van der Waals surface area contributed by atoms with E-state index in [1.165, 1.54) is 5.56 Å². The fourth-order valence-corrected chi connectivity index (χ4v) is 2.00. The summed E-state index contributed by atoms with van der Waals surface area (Å²) in [6.45, 7) is 3.70. The van der Waals surface area contributed by atoms with Crippen molar-refractivity contribution in [2.45, 2.75) is 51.2 Å². The number of hydrogen-bond acceptors (Lipinski definition) is 3. The van der Waals surface area contributed by atoms with Crippen LogP contribution in [0.1, 0.15) is 38.7 Å². The maximum Gasteiger partial charge on any atom is 0.405 e. The topological polar surface area (TPSA) is 78.3 Å². The average Bonchev–Trinajstić information content (AvgIpc) is 2.34. The molecule has 1 aromatic rings. The second-order valence-corrected chi connectivity index (χ2v) is 5.50. The Morgan fingerprint density at radius 3 is 2.47 bits per heavy atom. The quantitative estimate of drug-likeness (QED) is 0.794. The summed E-state index contributed by atoms with van der Waals surface area (Å²) in [6, 6.07) is 10.4. The first kappa shape index (κ1) is 15.5. The van der Waals surface area contributed by atoms with Gasteiger partial charge in [0.15, 0.2) is 0 Å². The van der Waals surface area contributed by atoms with E-state index in [0.29, 0.717) is 6.42 Å². The standard InChI is InChI=1S/C15H24N2O2/c1-15(2,19-14(17)18)11-10-13(16)9-8-12-6-4-3-5-7-12/h3-7,13H,8-11,16H2,1-2H3,(H2,17,18). The Bertz CT molecular complexity index is 390. The zero-order valence-electron chi connectivity index (χ0n) is 11.8. The molecule has 1 amide bonds. The van der Waals surface area contributed by atoms with Gasteiger partial charge in [0.25, 0.3) is 0 Å². The predicted molar refractivity (Wildman–Crippen MR) is 76.7 cm³/mol. The van der Waals surface area contributed by atoms with Crippen LogP contribution >= 0.6 is 0 Å². The molecular weight excluding hydrogens is 240 g/mol. The number of ether oxygens (including phenoxy) is 1. The first-order valence-electron chi connectivity index (χ1n) is 6.67. The van der Waals surface area contributed by atoms with Gasteiger partial charge < -0.3 is 16.2 Å². The van der Waals surface area contributed by atoms with E-state index in [2.05, 4.69) is 12.1 Å². The maximum atomic E-state index is 10.7. The zero-order valence-corrected chi connectivity index (χ0v) is 11.8. The lowest BCUT2D eigenvalue weighted by molar-refractivity contribution is 0.0362. The molecule has 0 saturated heterocycles. The van der Waals surface area contributed by atoms with Gasteiger partial charge in [-0.1, -0.05) is 30.3 Å². The number of hydrogen-bond donors (Lipinski definition) is 2. The Kier molecular flexibility index (Phi) is 5.83. The third kappa shape index (κ3) is 6.82. The number of benzene rings is 1. The summed E-state index contributed by atoms with van der Waals surface area (Å²) in [5.74, 6) is 0.